The number of piperidine rings is 1. The highest BCUT2D eigenvalue weighted by atomic mass is 16.3. The monoisotopic (exact) mass is 502 g/mol. The van der Waals surface area contributed by atoms with Gasteiger partial charge in [-0.15, -0.1) is 0 Å². The molecule has 0 bridgehead atoms. The molecule has 2 aromatic carbocycles. The van der Waals surface area contributed by atoms with E-state index in [0.717, 1.165) is 57.5 Å². The van der Waals surface area contributed by atoms with Crippen LogP contribution in [0.2, 0.25) is 0 Å². The van der Waals surface area contributed by atoms with E-state index in [1.165, 1.54) is 11.1 Å². The van der Waals surface area contributed by atoms with Crippen LogP contribution in [0.3, 0.4) is 0 Å². The predicted molar refractivity (Wildman–Crippen MR) is 143 cm³/mol. The maximum atomic E-state index is 13.5. The van der Waals surface area contributed by atoms with Gasteiger partial charge in [-0.25, -0.2) is 0 Å². The molecular weight excluding hydrogens is 464 g/mol. The van der Waals surface area contributed by atoms with Gasteiger partial charge in [0.05, 0.1) is 6.10 Å². The van der Waals surface area contributed by atoms with Gasteiger partial charge in [0.25, 0.3) is 11.8 Å². The van der Waals surface area contributed by atoms with Crippen LogP contribution in [-0.4, -0.2) is 78.1 Å². The lowest BCUT2D eigenvalue weighted by Crippen LogP contribution is -2.58. The molecule has 0 unspecified atom stereocenters. The van der Waals surface area contributed by atoms with E-state index in [2.05, 4.69) is 36.6 Å². The summed E-state index contributed by atoms with van der Waals surface area (Å²) in [5.41, 5.74) is 4.83. The van der Waals surface area contributed by atoms with Gasteiger partial charge in [-0.1, -0.05) is 38.1 Å². The SMILES string of the molecule is CC1(C)CN(C[C@H](O)[C@H]2Cc3ccccc3CN2)C(=O)c2ccc(C(=O)N3CCC4(CC3)CNC4)cc21. The minimum Gasteiger partial charge on any atom is -0.390 e. The molecule has 0 aliphatic carbocycles. The Hall–Kier alpha value is -2.74. The number of amides is 2. The Labute approximate surface area is 219 Å². The number of nitrogens with zero attached hydrogens (tertiary/aromatic N) is 2. The summed E-state index contributed by atoms with van der Waals surface area (Å²) < 4.78 is 0. The largest absolute Gasteiger partial charge is 0.390 e. The number of carbonyl (C=O) groups excluding carboxylic acids is 2. The van der Waals surface area contributed by atoms with E-state index in [1.807, 2.05) is 35.2 Å². The van der Waals surface area contributed by atoms with Crippen molar-refractivity contribution < 1.29 is 14.7 Å². The van der Waals surface area contributed by atoms with E-state index >= 15 is 0 Å². The van der Waals surface area contributed by atoms with Crippen LogP contribution >= 0.6 is 0 Å². The highest BCUT2D eigenvalue weighted by molar-refractivity contribution is 6.00. The third kappa shape index (κ3) is 4.47. The van der Waals surface area contributed by atoms with Crippen molar-refractivity contribution in [2.75, 3.05) is 39.3 Å². The van der Waals surface area contributed by atoms with E-state index in [0.29, 0.717) is 23.1 Å². The molecule has 3 N–H and O–H groups in total. The maximum absolute atomic E-state index is 13.5. The zero-order chi connectivity index (χ0) is 25.8. The molecule has 2 amide bonds. The first kappa shape index (κ1) is 24.6. The smallest absolute Gasteiger partial charge is 0.254 e. The topological polar surface area (TPSA) is 84.9 Å². The molecule has 4 aliphatic rings. The number of hydrogen-bond donors (Lipinski definition) is 3. The molecule has 2 fully saturated rings. The van der Waals surface area contributed by atoms with Crippen molar-refractivity contribution >= 4 is 11.8 Å². The molecule has 196 valence electrons. The lowest BCUT2D eigenvalue weighted by atomic mass is 9.73. The molecule has 0 saturated carbocycles. The van der Waals surface area contributed by atoms with Crippen molar-refractivity contribution in [1.82, 2.24) is 20.4 Å². The normalized spacial score (nSPS) is 24.7. The number of nitrogens with one attached hydrogen (secondary N) is 2. The van der Waals surface area contributed by atoms with Gasteiger partial charge in [0, 0.05) is 68.4 Å². The molecule has 37 heavy (non-hydrogen) atoms. The predicted octanol–water partition coefficient (Wildman–Crippen LogP) is 2.32. The van der Waals surface area contributed by atoms with Gasteiger partial charge >= 0.3 is 0 Å². The van der Waals surface area contributed by atoms with Crippen LogP contribution in [-0.2, 0) is 18.4 Å². The Morgan fingerprint density at radius 1 is 1.11 bits per heavy atom. The summed E-state index contributed by atoms with van der Waals surface area (Å²) >= 11 is 0. The summed E-state index contributed by atoms with van der Waals surface area (Å²) in [6.45, 7) is 9.49. The standard InChI is InChI=1S/C30H38N4O3/c1-29(2)19-34(16-26(35)25-14-20-5-3-4-6-22(20)15-32-25)28(37)23-8-7-21(13-24(23)29)27(36)33-11-9-30(10-12-33)17-31-18-30/h3-8,13,25-26,31-32,35H,9-12,14-19H2,1-2H3/t25-,26+/m1/s1. The minimum atomic E-state index is -0.663. The number of fused-ring (bicyclic) bond motifs is 2. The van der Waals surface area contributed by atoms with E-state index in [-0.39, 0.29) is 29.8 Å². The van der Waals surface area contributed by atoms with E-state index < -0.39 is 6.10 Å². The van der Waals surface area contributed by atoms with Crippen LogP contribution in [0.25, 0.3) is 0 Å². The maximum Gasteiger partial charge on any atom is 0.254 e. The Balaban J connectivity index is 1.15. The van der Waals surface area contributed by atoms with Crippen LogP contribution in [0.5, 0.6) is 0 Å². The van der Waals surface area contributed by atoms with Crippen molar-refractivity contribution in [2.24, 2.45) is 5.41 Å². The van der Waals surface area contributed by atoms with Crippen LogP contribution in [0.1, 0.15) is 64.1 Å². The Morgan fingerprint density at radius 2 is 1.84 bits per heavy atom. The molecule has 2 atom stereocenters. The van der Waals surface area contributed by atoms with Gasteiger partial charge in [0.1, 0.15) is 0 Å². The fourth-order valence-corrected chi connectivity index (χ4v) is 6.68. The zero-order valence-electron chi connectivity index (χ0n) is 21.9. The summed E-state index contributed by atoms with van der Waals surface area (Å²) in [6, 6.07) is 13.8. The van der Waals surface area contributed by atoms with Crippen molar-refractivity contribution in [2.45, 2.75) is 57.2 Å². The Kier molecular flexibility index (Phi) is 6.13. The molecule has 0 radical (unpaired) electrons. The second-order valence-corrected chi connectivity index (χ2v) is 12.3. The third-order valence-corrected chi connectivity index (χ3v) is 9.20. The van der Waals surface area contributed by atoms with Crippen molar-refractivity contribution in [1.29, 1.82) is 0 Å². The van der Waals surface area contributed by atoms with Crippen molar-refractivity contribution in [3.05, 3.63) is 70.3 Å². The zero-order valence-corrected chi connectivity index (χ0v) is 21.9. The molecule has 7 heteroatoms. The molecule has 0 aromatic heterocycles. The number of aliphatic hydroxyl groups excluding tert-OH is 1. The van der Waals surface area contributed by atoms with E-state index in [1.54, 1.807) is 4.90 Å². The summed E-state index contributed by atoms with van der Waals surface area (Å²) in [4.78, 5) is 30.6. The summed E-state index contributed by atoms with van der Waals surface area (Å²) in [6.07, 6.45) is 2.20. The number of β-amino-alcohol motifs (C(OH)–C–C–N with tert-alkyl or cyclic N) is 1. The van der Waals surface area contributed by atoms with Crippen LogP contribution < -0.4 is 10.6 Å². The van der Waals surface area contributed by atoms with Gasteiger partial charge in [-0.05, 0) is 59.6 Å². The lowest BCUT2D eigenvalue weighted by Gasteiger charge is -2.48. The van der Waals surface area contributed by atoms with Crippen LogP contribution in [0.4, 0.5) is 0 Å². The lowest BCUT2D eigenvalue weighted by molar-refractivity contribution is 0.0411. The first-order valence-corrected chi connectivity index (χ1v) is 13.7. The highest BCUT2D eigenvalue weighted by Crippen LogP contribution is 2.37. The van der Waals surface area contributed by atoms with Gasteiger partial charge < -0.3 is 25.5 Å². The Morgan fingerprint density at radius 3 is 2.54 bits per heavy atom. The fraction of sp³-hybridized carbons (Fsp3) is 0.533. The van der Waals surface area contributed by atoms with E-state index in [4.69, 9.17) is 0 Å². The van der Waals surface area contributed by atoms with Crippen molar-refractivity contribution in [3.63, 3.8) is 0 Å². The molecular formula is C30H38N4O3. The number of carbonyl (C=O) groups is 2. The average Bonchev–Trinajstić information content (AvgIpc) is 2.89. The molecule has 1 spiro atoms. The summed E-state index contributed by atoms with van der Waals surface area (Å²) in [5, 5.41) is 17.9. The van der Waals surface area contributed by atoms with Crippen molar-refractivity contribution in [3.8, 4) is 0 Å². The fourth-order valence-electron chi connectivity index (χ4n) is 6.68. The third-order valence-electron chi connectivity index (χ3n) is 9.20. The van der Waals surface area contributed by atoms with Crippen LogP contribution in [0, 0.1) is 5.41 Å². The number of rotatable bonds is 4. The molecule has 2 aromatic rings. The number of benzene rings is 2. The first-order valence-electron chi connectivity index (χ1n) is 13.7. The molecule has 2 saturated heterocycles. The average molecular weight is 503 g/mol. The van der Waals surface area contributed by atoms with Gasteiger partial charge in [0.2, 0.25) is 0 Å². The second kappa shape index (κ2) is 9.22. The quantitative estimate of drug-likeness (QED) is 0.598. The minimum absolute atomic E-state index is 0.0645. The molecule has 6 rings (SSSR count). The summed E-state index contributed by atoms with van der Waals surface area (Å²) in [5.74, 6) is -0.00401. The molecule has 7 nitrogen and oxygen atoms in total. The molecule has 4 heterocycles. The first-order chi connectivity index (χ1) is 17.7. The highest BCUT2D eigenvalue weighted by Gasteiger charge is 2.42. The number of likely N-dealkylation sites (tertiary alicyclic amines) is 1. The van der Waals surface area contributed by atoms with Gasteiger partial charge in [-0.2, -0.15) is 0 Å². The summed E-state index contributed by atoms with van der Waals surface area (Å²) in [7, 11) is 0. The number of aliphatic hydroxyl groups is 1. The van der Waals surface area contributed by atoms with Gasteiger partial charge in [0.15, 0.2) is 0 Å². The Bertz CT molecular complexity index is 1210. The molecule has 4 aliphatic heterocycles. The second-order valence-electron chi connectivity index (χ2n) is 12.3. The van der Waals surface area contributed by atoms with Crippen LogP contribution in [0.15, 0.2) is 42.5 Å². The number of hydrogen-bond acceptors (Lipinski definition) is 5. The van der Waals surface area contributed by atoms with E-state index in [9.17, 15) is 14.7 Å². The van der Waals surface area contributed by atoms with Gasteiger partial charge in [-0.3, -0.25) is 9.59 Å².